The molecule has 17 heavy (non-hydrogen) atoms. The van der Waals surface area contributed by atoms with E-state index in [9.17, 15) is 4.39 Å². The predicted molar refractivity (Wildman–Crippen MR) is 70.0 cm³/mol. The first-order chi connectivity index (χ1) is 8.10. The lowest BCUT2D eigenvalue weighted by molar-refractivity contribution is 0.318. The average molecular weight is 256 g/mol. The van der Waals surface area contributed by atoms with E-state index in [1.165, 1.54) is 6.07 Å². The Hall–Kier alpha value is -1.23. The highest BCUT2D eigenvalue weighted by Gasteiger charge is 2.12. The number of oxime groups is 1. The van der Waals surface area contributed by atoms with E-state index in [0.29, 0.717) is 16.6 Å². The lowest BCUT2D eigenvalue weighted by atomic mass is 10.1. The minimum Gasteiger partial charge on any atom is -0.409 e. The minimum absolute atomic E-state index is 0.148. The molecule has 94 valence electrons. The van der Waals surface area contributed by atoms with Gasteiger partial charge in [-0.2, -0.15) is 11.8 Å². The fraction of sp³-hybridized carbons (Fsp3) is 0.417. The number of nitrogens with two attached hydrogens (primary N) is 1. The fourth-order valence-corrected chi connectivity index (χ4v) is 2.22. The maximum Gasteiger partial charge on any atom is 0.173 e. The first-order valence-corrected chi connectivity index (χ1v) is 6.51. The molecule has 0 heterocycles. The van der Waals surface area contributed by atoms with Gasteiger partial charge in [-0.25, -0.2) is 4.39 Å². The van der Waals surface area contributed by atoms with Crippen LogP contribution in [0.1, 0.15) is 31.4 Å². The van der Waals surface area contributed by atoms with Gasteiger partial charge in [0.2, 0.25) is 0 Å². The summed E-state index contributed by atoms with van der Waals surface area (Å²) in [7, 11) is 0. The van der Waals surface area contributed by atoms with Gasteiger partial charge in [-0.3, -0.25) is 0 Å². The van der Waals surface area contributed by atoms with Gasteiger partial charge in [0.15, 0.2) is 5.84 Å². The zero-order valence-electron chi connectivity index (χ0n) is 9.98. The molecule has 0 aromatic heterocycles. The highest BCUT2D eigenvalue weighted by Crippen LogP contribution is 2.23. The molecular formula is C12H17FN2OS. The third-order valence-corrected chi connectivity index (χ3v) is 3.94. The molecule has 1 atom stereocenters. The van der Waals surface area contributed by atoms with Crippen LogP contribution in [0.4, 0.5) is 4.39 Å². The molecule has 0 bridgehead atoms. The molecule has 0 spiro atoms. The molecule has 1 rings (SSSR count). The van der Waals surface area contributed by atoms with Crippen molar-refractivity contribution in [1.29, 1.82) is 0 Å². The third-order valence-electron chi connectivity index (χ3n) is 2.56. The van der Waals surface area contributed by atoms with E-state index < -0.39 is 5.82 Å². The van der Waals surface area contributed by atoms with Crippen LogP contribution < -0.4 is 5.73 Å². The summed E-state index contributed by atoms with van der Waals surface area (Å²) < 4.78 is 14.0. The fourth-order valence-electron chi connectivity index (χ4n) is 1.29. The molecule has 1 aromatic rings. The maximum atomic E-state index is 14.0. The highest BCUT2D eigenvalue weighted by molar-refractivity contribution is 7.99. The van der Waals surface area contributed by atoms with Crippen molar-refractivity contribution in [3.8, 4) is 0 Å². The van der Waals surface area contributed by atoms with Gasteiger partial charge < -0.3 is 10.9 Å². The Kier molecular flexibility index (Phi) is 5.28. The van der Waals surface area contributed by atoms with E-state index in [1.807, 2.05) is 0 Å². The molecule has 0 fully saturated rings. The first-order valence-electron chi connectivity index (χ1n) is 5.47. The van der Waals surface area contributed by atoms with E-state index in [-0.39, 0.29) is 11.4 Å². The molecule has 3 N–H and O–H groups in total. The summed E-state index contributed by atoms with van der Waals surface area (Å²) in [5.74, 6) is -0.00981. The summed E-state index contributed by atoms with van der Waals surface area (Å²) in [6, 6.07) is 4.93. The largest absolute Gasteiger partial charge is 0.409 e. The van der Waals surface area contributed by atoms with Crippen LogP contribution in [0.2, 0.25) is 0 Å². The third kappa shape index (κ3) is 3.63. The van der Waals surface area contributed by atoms with Gasteiger partial charge in [-0.1, -0.05) is 31.1 Å². The van der Waals surface area contributed by atoms with Crippen molar-refractivity contribution >= 4 is 17.6 Å². The molecule has 0 aliphatic rings. The monoisotopic (exact) mass is 256 g/mol. The van der Waals surface area contributed by atoms with Gasteiger partial charge in [0.25, 0.3) is 0 Å². The summed E-state index contributed by atoms with van der Waals surface area (Å²) in [6.45, 7) is 4.21. The standard InChI is InChI=1S/C12H17FN2OS/c1-3-8(2)17-7-9-5-4-6-10(11(9)13)12(14)15-16/h4-6,8,16H,3,7H2,1-2H3,(H2,14,15). The van der Waals surface area contributed by atoms with Gasteiger partial charge in [0.1, 0.15) is 5.82 Å². The van der Waals surface area contributed by atoms with Crippen LogP contribution in [-0.2, 0) is 5.75 Å². The van der Waals surface area contributed by atoms with Gasteiger partial charge >= 0.3 is 0 Å². The van der Waals surface area contributed by atoms with Crippen molar-refractivity contribution in [3.63, 3.8) is 0 Å². The van der Waals surface area contributed by atoms with E-state index in [4.69, 9.17) is 10.9 Å². The number of benzene rings is 1. The van der Waals surface area contributed by atoms with Gasteiger partial charge in [0.05, 0.1) is 5.56 Å². The van der Waals surface area contributed by atoms with Crippen molar-refractivity contribution in [3.05, 3.63) is 35.1 Å². The molecule has 0 radical (unpaired) electrons. The van der Waals surface area contributed by atoms with Crippen molar-refractivity contribution in [2.24, 2.45) is 10.9 Å². The molecular weight excluding hydrogens is 239 g/mol. The van der Waals surface area contributed by atoms with E-state index >= 15 is 0 Å². The number of halogens is 1. The minimum atomic E-state index is -0.404. The molecule has 1 aromatic carbocycles. The summed E-state index contributed by atoms with van der Waals surface area (Å²) in [4.78, 5) is 0. The van der Waals surface area contributed by atoms with E-state index in [2.05, 4.69) is 19.0 Å². The summed E-state index contributed by atoms with van der Waals surface area (Å²) in [5, 5.41) is 11.9. The molecule has 0 aliphatic carbocycles. The molecule has 0 amide bonds. The zero-order chi connectivity index (χ0) is 12.8. The Morgan fingerprint density at radius 2 is 2.29 bits per heavy atom. The van der Waals surface area contributed by atoms with E-state index in [0.717, 1.165) is 6.42 Å². The molecule has 3 nitrogen and oxygen atoms in total. The van der Waals surface area contributed by atoms with Crippen LogP contribution in [0.25, 0.3) is 0 Å². The Labute approximate surface area is 105 Å². The van der Waals surface area contributed by atoms with Crippen LogP contribution in [0.5, 0.6) is 0 Å². The second kappa shape index (κ2) is 6.49. The second-order valence-electron chi connectivity index (χ2n) is 3.79. The normalized spacial score (nSPS) is 13.7. The number of hydrogen-bond donors (Lipinski definition) is 2. The van der Waals surface area contributed by atoms with Gasteiger partial charge in [-0.05, 0) is 18.1 Å². The second-order valence-corrected chi connectivity index (χ2v) is 5.22. The van der Waals surface area contributed by atoms with Crippen LogP contribution in [0.3, 0.4) is 0 Å². The number of rotatable bonds is 5. The topological polar surface area (TPSA) is 58.6 Å². The van der Waals surface area contributed by atoms with Crippen molar-refractivity contribution in [2.45, 2.75) is 31.3 Å². The van der Waals surface area contributed by atoms with Crippen molar-refractivity contribution < 1.29 is 9.60 Å². The lowest BCUT2D eigenvalue weighted by Gasteiger charge is -2.10. The SMILES string of the molecule is CCC(C)SCc1cccc(/C(N)=N/O)c1F. The average Bonchev–Trinajstić information content (AvgIpc) is 2.36. The smallest absolute Gasteiger partial charge is 0.173 e. The van der Waals surface area contributed by atoms with Crippen LogP contribution in [0, 0.1) is 5.82 Å². The van der Waals surface area contributed by atoms with Gasteiger partial charge in [-0.15, -0.1) is 0 Å². The Bertz CT molecular complexity index is 409. The van der Waals surface area contributed by atoms with Crippen molar-refractivity contribution in [2.75, 3.05) is 0 Å². The van der Waals surface area contributed by atoms with Crippen molar-refractivity contribution in [1.82, 2.24) is 0 Å². The predicted octanol–water partition coefficient (Wildman–Crippen LogP) is 2.95. The maximum absolute atomic E-state index is 14.0. The number of amidine groups is 1. The summed E-state index contributed by atoms with van der Waals surface area (Å²) in [6.07, 6.45) is 1.05. The van der Waals surface area contributed by atoms with Crippen LogP contribution in [-0.4, -0.2) is 16.3 Å². The van der Waals surface area contributed by atoms with Crippen LogP contribution >= 0.6 is 11.8 Å². The number of thioether (sulfide) groups is 1. The zero-order valence-corrected chi connectivity index (χ0v) is 10.8. The molecule has 5 heteroatoms. The highest BCUT2D eigenvalue weighted by atomic mass is 32.2. The van der Waals surface area contributed by atoms with Crippen LogP contribution in [0.15, 0.2) is 23.4 Å². The quantitative estimate of drug-likeness (QED) is 0.368. The van der Waals surface area contributed by atoms with E-state index in [1.54, 1.807) is 23.9 Å². The molecule has 1 unspecified atom stereocenters. The Morgan fingerprint density at radius 1 is 1.59 bits per heavy atom. The molecule has 0 saturated carbocycles. The summed E-state index contributed by atoms with van der Waals surface area (Å²) in [5.41, 5.74) is 6.13. The number of nitrogens with zero attached hydrogens (tertiary/aromatic N) is 1. The number of hydrogen-bond acceptors (Lipinski definition) is 3. The van der Waals surface area contributed by atoms with Gasteiger partial charge in [0, 0.05) is 11.0 Å². The lowest BCUT2D eigenvalue weighted by Crippen LogP contribution is -2.16. The Morgan fingerprint density at radius 3 is 2.88 bits per heavy atom. The molecule has 0 saturated heterocycles. The Balaban J connectivity index is 2.87. The molecule has 0 aliphatic heterocycles. The first kappa shape index (κ1) is 13.8. The summed E-state index contributed by atoms with van der Waals surface area (Å²) >= 11 is 1.69.